The summed E-state index contributed by atoms with van der Waals surface area (Å²) in [7, 11) is 0. The van der Waals surface area contributed by atoms with E-state index in [1.807, 2.05) is 12.4 Å². The molecule has 0 radical (unpaired) electrons. The van der Waals surface area contributed by atoms with E-state index in [0.717, 1.165) is 64.0 Å². The third-order valence-corrected chi connectivity index (χ3v) is 4.84. The number of imidazole rings is 1. The fraction of sp³-hybridized carbons (Fsp3) is 0.789. The van der Waals surface area contributed by atoms with E-state index in [-0.39, 0.29) is 12.2 Å². The quantitative estimate of drug-likeness (QED) is 0.618. The van der Waals surface area contributed by atoms with Gasteiger partial charge in [0.1, 0.15) is 18.5 Å². The van der Waals surface area contributed by atoms with Gasteiger partial charge in [-0.05, 0) is 25.7 Å². The Morgan fingerprint density at radius 2 is 2.19 bits per heavy atom. The highest BCUT2D eigenvalue weighted by molar-refractivity contribution is 5.80. The number of nitrogens with one attached hydrogen (secondary N) is 1. The first-order chi connectivity index (χ1) is 12.7. The van der Waals surface area contributed by atoms with Crippen LogP contribution in [0.1, 0.15) is 39.4 Å². The number of morpholine rings is 1. The Balaban J connectivity index is 1.65. The van der Waals surface area contributed by atoms with Crippen LogP contribution in [0.15, 0.2) is 17.4 Å². The van der Waals surface area contributed by atoms with Gasteiger partial charge in [-0.2, -0.15) is 0 Å². The van der Waals surface area contributed by atoms with E-state index in [4.69, 9.17) is 14.5 Å². The standard InChI is InChI=1S/C19H33N5O2/c1-4-20-19(22-12-18-21-7-8-23(18)13-15(2)3)24-9-11-26-17(14-24)16-6-5-10-25-16/h7-8,15-17H,4-6,9-14H2,1-3H3,(H,20,22). The number of aromatic nitrogens is 2. The van der Waals surface area contributed by atoms with Crippen LogP contribution in [0.25, 0.3) is 0 Å². The van der Waals surface area contributed by atoms with Crippen LogP contribution in [0.2, 0.25) is 0 Å². The highest BCUT2D eigenvalue weighted by Crippen LogP contribution is 2.21. The third-order valence-electron chi connectivity index (χ3n) is 4.84. The smallest absolute Gasteiger partial charge is 0.194 e. The van der Waals surface area contributed by atoms with Gasteiger partial charge in [-0.15, -0.1) is 0 Å². The lowest BCUT2D eigenvalue weighted by molar-refractivity contribution is -0.0817. The Kier molecular flexibility index (Phi) is 6.91. The summed E-state index contributed by atoms with van der Waals surface area (Å²) in [6.07, 6.45) is 6.50. The Hall–Kier alpha value is -1.60. The van der Waals surface area contributed by atoms with Gasteiger partial charge in [0.2, 0.25) is 0 Å². The molecule has 0 bridgehead atoms. The number of hydrogen-bond acceptors (Lipinski definition) is 4. The maximum Gasteiger partial charge on any atom is 0.194 e. The molecule has 2 aliphatic heterocycles. The Labute approximate surface area is 156 Å². The van der Waals surface area contributed by atoms with Gasteiger partial charge in [0.05, 0.1) is 12.7 Å². The third kappa shape index (κ3) is 4.98. The van der Waals surface area contributed by atoms with Crippen LogP contribution in [0.3, 0.4) is 0 Å². The van der Waals surface area contributed by atoms with Gasteiger partial charge in [-0.1, -0.05) is 13.8 Å². The van der Waals surface area contributed by atoms with Crippen molar-refractivity contribution in [3.8, 4) is 0 Å². The molecule has 1 aromatic heterocycles. The minimum atomic E-state index is 0.137. The van der Waals surface area contributed by atoms with Gasteiger partial charge < -0.3 is 24.3 Å². The molecular weight excluding hydrogens is 330 g/mol. The lowest BCUT2D eigenvalue weighted by atomic mass is 10.1. The second-order valence-electron chi connectivity index (χ2n) is 7.47. The number of ether oxygens (including phenoxy) is 2. The van der Waals surface area contributed by atoms with Crippen LogP contribution in [0.4, 0.5) is 0 Å². The summed E-state index contributed by atoms with van der Waals surface area (Å²) in [5, 5.41) is 3.43. The largest absolute Gasteiger partial charge is 0.375 e. The molecule has 0 aliphatic carbocycles. The molecule has 0 amide bonds. The van der Waals surface area contributed by atoms with E-state index >= 15 is 0 Å². The number of aliphatic imine (C=N–C) groups is 1. The van der Waals surface area contributed by atoms with Crippen LogP contribution in [0.5, 0.6) is 0 Å². The van der Waals surface area contributed by atoms with Gasteiger partial charge >= 0.3 is 0 Å². The van der Waals surface area contributed by atoms with Gasteiger partial charge in [0.25, 0.3) is 0 Å². The normalized spacial score (nSPS) is 24.5. The molecule has 146 valence electrons. The predicted octanol–water partition coefficient (Wildman–Crippen LogP) is 1.88. The fourth-order valence-corrected chi connectivity index (χ4v) is 3.61. The van der Waals surface area contributed by atoms with E-state index in [2.05, 4.69) is 40.5 Å². The minimum absolute atomic E-state index is 0.137. The van der Waals surface area contributed by atoms with Crippen molar-refractivity contribution in [3.63, 3.8) is 0 Å². The van der Waals surface area contributed by atoms with Crippen molar-refractivity contribution < 1.29 is 9.47 Å². The number of guanidine groups is 1. The number of rotatable bonds is 6. The summed E-state index contributed by atoms with van der Waals surface area (Å²) in [5.41, 5.74) is 0. The van der Waals surface area contributed by atoms with Crippen LogP contribution >= 0.6 is 0 Å². The zero-order valence-corrected chi connectivity index (χ0v) is 16.4. The summed E-state index contributed by atoms with van der Waals surface area (Å²) in [5.74, 6) is 2.54. The van der Waals surface area contributed by atoms with Crippen LogP contribution in [0, 0.1) is 5.92 Å². The molecule has 26 heavy (non-hydrogen) atoms. The maximum atomic E-state index is 5.97. The van der Waals surface area contributed by atoms with Gasteiger partial charge in [-0.3, -0.25) is 0 Å². The van der Waals surface area contributed by atoms with Crippen LogP contribution in [-0.2, 0) is 22.6 Å². The molecule has 1 N–H and O–H groups in total. The highest BCUT2D eigenvalue weighted by Gasteiger charge is 2.32. The van der Waals surface area contributed by atoms with Crippen molar-refractivity contribution in [3.05, 3.63) is 18.2 Å². The average molecular weight is 364 g/mol. The van der Waals surface area contributed by atoms with Crippen molar-refractivity contribution in [1.82, 2.24) is 19.8 Å². The number of nitrogens with zero attached hydrogens (tertiary/aromatic N) is 4. The lowest BCUT2D eigenvalue weighted by Crippen LogP contribution is -2.53. The summed E-state index contributed by atoms with van der Waals surface area (Å²) in [6, 6.07) is 0. The fourth-order valence-electron chi connectivity index (χ4n) is 3.61. The van der Waals surface area contributed by atoms with Crippen molar-refractivity contribution in [2.45, 2.75) is 58.9 Å². The SMILES string of the molecule is CCNC(=NCc1nccn1CC(C)C)N1CCOC(C2CCCO2)C1. The number of hydrogen-bond donors (Lipinski definition) is 1. The van der Waals surface area contributed by atoms with Crippen molar-refractivity contribution in [2.24, 2.45) is 10.9 Å². The predicted molar refractivity (Wildman–Crippen MR) is 102 cm³/mol. The minimum Gasteiger partial charge on any atom is -0.375 e. The highest BCUT2D eigenvalue weighted by atomic mass is 16.5. The second-order valence-corrected chi connectivity index (χ2v) is 7.47. The first kappa shape index (κ1) is 19.2. The molecule has 2 saturated heterocycles. The van der Waals surface area contributed by atoms with Crippen molar-refractivity contribution in [2.75, 3.05) is 32.8 Å². The van der Waals surface area contributed by atoms with E-state index < -0.39 is 0 Å². The van der Waals surface area contributed by atoms with E-state index in [0.29, 0.717) is 12.5 Å². The zero-order valence-electron chi connectivity index (χ0n) is 16.4. The first-order valence-electron chi connectivity index (χ1n) is 9.93. The lowest BCUT2D eigenvalue weighted by Gasteiger charge is -2.37. The summed E-state index contributed by atoms with van der Waals surface area (Å²) < 4.78 is 14.0. The molecule has 2 atom stereocenters. The molecule has 7 nitrogen and oxygen atoms in total. The van der Waals surface area contributed by atoms with E-state index in [1.54, 1.807) is 0 Å². The maximum absolute atomic E-state index is 5.97. The molecule has 0 spiro atoms. The molecule has 0 aromatic carbocycles. The first-order valence-corrected chi connectivity index (χ1v) is 9.93. The molecule has 3 heterocycles. The topological polar surface area (TPSA) is 63.9 Å². The van der Waals surface area contributed by atoms with E-state index in [1.165, 1.54) is 0 Å². The summed E-state index contributed by atoms with van der Waals surface area (Å²) in [6.45, 7) is 12.2. The molecule has 2 aliphatic rings. The molecule has 2 fully saturated rings. The van der Waals surface area contributed by atoms with E-state index in [9.17, 15) is 0 Å². The average Bonchev–Trinajstić information content (AvgIpc) is 3.30. The molecule has 2 unspecified atom stereocenters. The Morgan fingerprint density at radius 1 is 1.35 bits per heavy atom. The summed E-state index contributed by atoms with van der Waals surface area (Å²) >= 11 is 0. The zero-order chi connectivity index (χ0) is 18.4. The summed E-state index contributed by atoms with van der Waals surface area (Å²) in [4.78, 5) is 11.7. The molecule has 3 rings (SSSR count). The van der Waals surface area contributed by atoms with Crippen molar-refractivity contribution in [1.29, 1.82) is 0 Å². The second kappa shape index (κ2) is 9.37. The Bertz CT molecular complexity index is 580. The monoisotopic (exact) mass is 363 g/mol. The van der Waals surface area contributed by atoms with Gasteiger partial charge in [-0.25, -0.2) is 9.98 Å². The molecule has 7 heteroatoms. The van der Waals surface area contributed by atoms with Gasteiger partial charge in [0, 0.05) is 45.2 Å². The molecular formula is C19H33N5O2. The molecule has 1 aromatic rings. The Morgan fingerprint density at radius 3 is 2.92 bits per heavy atom. The van der Waals surface area contributed by atoms with Gasteiger partial charge in [0.15, 0.2) is 5.96 Å². The van der Waals surface area contributed by atoms with Crippen LogP contribution < -0.4 is 5.32 Å². The van der Waals surface area contributed by atoms with Crippen molar-refractivity contribution >= 4 is 5.96 Å². The molecule has 0 saturated carbocycles. The van der Waals surface area contributed by atoms with Crippen LogP contribution in [-0.4, -0.2) is 65.5 Å².